The fourth-order valence-electron chi connectivity index (χ4n) is 3.45. The molecule has 2 amide bonds. The number of hydrogen-bond acceptors (Lipinski definition) is 5. The molecular weight excluding hydrogens is 406 g/mol. The van der Waals surface area contributed by atoms with Gasteiger partial charge in [-0.3, -0.25) is 0 Å². The number of carbonyl (C=O) groups excluding carboxylic acids is 1. The molecule has 3 aromatic rings. The third-order valence-electron chi connectivity index (χ3n) is 5.07. The average molecular weight is 428 g/mol. The number of ether oxygens (including phenoxy) is 1. The van der Waals surface area contributed by atoms with Crippen molar-refractivity contribution < 1.29 is 22.8 Å². The Morgan fingerprint density at radius 2 is 2.00 bits per heavy atom. The van der Waals surface area contributed by atoms with Crippen LogP contribution in [0.25, 0.3) is 0 Å². The van der Waals surface area contributed by atoms with E-state index in [0.717, 1.165) is 12.8 Å². The molecule has 0 saturated carbocycles. The Morgan fingerprint density at radius 1 is 1.19 bits per heavy atom. The normalized spacial score (nSPS) is 16.2. The molecule has 0 bridgehead atoms. The second-order valence-corrected chi connectivity index (χ2v) is 7.30. The van der Waals surface area contributed by atoms with Crippen LogP contribution in [0.5, 0.6) is 5.75 Å². The summed E-state index contributed by atoms with van der Waals surface area (Å²) in [6.07, 6.45) is 2.03. The summed E-state index contributed by atoms with van der Waals surface area (Å²) in [7, 11) is 0. The molecule has 9 heteroatoms. The Bertz CT molecular complexity index is 1030. The standard InChI is InChI=1S/C22H22F2N4O3/c23-16-7-9-17(10-8-16)30-13-11-20-26-21(31-27-20)15-4-3-12-28(14-15)22(29)25-19-6-2-1-5-18(19)24/h1-2,5-10,15H,3-4,11-14H2,(H,25,29). The predicted molar refractivity (Wildman–Crippen MR) is 109 cm³/mol. The molecule has 1 aliphatic rings. The molecule has 1 fully saturated rings. The van der Waals surface area contributed by atoms with Gasteiger partial charge in [0.25, 0.3) is 0 Å². The summed E-state index contributed by atoms with van der Waals surface area (Å²) in [5.41, 5.74) is 0.149. The molecule has 7 nitrogen and oxygen atoms in total. The number of para-hydroxylation sites is 1. The summed E-state index contributed by atoms with van der Waals surface area (Å²) in [5.74, 6) is 0.659. The topological polar surface area (TPSA) is 80.5 Å². The van der Waals surface area contributed by atoms with E-state index in [4.69, 9.17) is 9.26 Å². The largest absolute Gasteiger partial charge is 0.493 e. The number of hydrogen-bond donors (Lipinski definition) is 1. The zero-order valence-electron chi connectivity index (χ0n) is 16.8. The molecule has 0 spiro atoms. The minimum Gasteiger partial charge on any atom is -0.493 e. The molecule has 1 N–H and O–H groups in total. The monoisotopic (exact) mass is 428 g/mol. The first-order valence-corrected chi connectivity index (χ1v) is 10.1. The Kier molecular flexibility index (Phi) is 6.40. The van der Waals surface area contributed by atoms with Crippen molar-refractivity contribution in [3.63, 3.8) is 0 Å². The highest BCUT2D eigenvalue weighted by Crippen LogP contribution is 2.26. The smallest absolute Gasteiger partial charge is 0.321 e. The number of nitrogens with zero attached hydrogens (tertiary/aromatic N) is 3. The third kappa shape index (κ3) is 5.36. The minimum absolute atomic E-state index is 0.0839. The Labute approximate surface area is 178 Å². The van der Waals surface area contributed by atoms with Gasteiger partial charge in [-0.15, -0.1) is 0 Å². The number of anilines is 1. The number of urea groups is 1. The number of piperidine rings is 1. The van der Waals surface area contributed by atoms with Gasteiger partial charge in [0.1, 0.15) is 17.4 Å². The molecule has 1 aromatic heterocycles. The molecule has 0 aliphatic carbocycles. The van der Waals surface area contributed by atoms with Crippen molar-refractivity contribution in [1.29, 1.82) is 0 Å². The molecule has 1 aliphatic heterocycles. The van der Waals surface area contributed by atoms with E-state index in [1.165, 1.54) is 24.3 Å². The number of nitrogens with one attached hydrogen (secondary N) is 1. The zero-order chi connectivity index (χ0) is 21.6. The first-order chi connectivity index (χ1) is 15.1. The van der Waals surface area contributed by atoms with Crippen LogP contribution in [-0.4, -0.2) is 40.8 Å². The number of carbonyl (C=O) groups is 1. The van der Waals surface area contributed by atoms with Crippen LogP contribution in [0.4, 0.5) is 19.3 Å². The number of amides is 2. The fraction of sp³-hybridized carbons (Fsp3) is 0.318. The third-order valence-corrected chi connectivity index (χ3v) is 5.07. The lowest BCUT2D eigenvalue weighted by Gasteiger charge is -2.31. The van der Waals surface area contributed by atoms with E-state index in [9.17, 15) is 13.6 Å². The summed E-state index contributed by atoms with van der Waals surface area (Å²) in [6, 6.07) is 11.5. The van der Waals surface area contributed by atoms with Crippen LogP contribution >= 0.6 is 0 Å². The van der Waals surface area contributed by atoms with Crippen LogP contribution in [0.3, 0.4) is 0 Å². The molecule has 1 atom stereocenters. The zero-order valence-corrected chi connectivity index (χ0v) is 16.8. The van der Waals surface area contributed by atoms with E-state index in [1.807, 2.05) is 0 Å². The van der Waals surface area contributed by atoms with E-state index in [1.54, 1.807) is 29.2 Å². The molecule has 2 heterocycles. The number of benzene rings is 2. The molecule has 1 saturated heterocycles. The first kappa shape index (κ1) is 20.8. The van der Waals surface area contributed by atoms with Gasteiger partial charge >= 0.3 is 6.03 Å². The van der Waals surface area contributed by atoms with Crippen molar-refractivity contribution in [1.82, 2.24) is 15.0 Å². The molecular formula is C22H22F2N4O3. The van der Waals surface area contributed by atoms with Gasteiger partial charge in [0, 0.05) is 19.5 Å². The Hall–Kier alpha value is -3.49. The van der Waals surface area contributed by atoms with Crippen LogP contribution < -0.4 is 10.1 Å². The van der Waals surface area contributed by atoms with Gasteiger partial charge in [-0.2, -0.15) is 4.98 Å². The van der Waals surface area contributed by atoms with Gasteiger partial charge in [0.2, 0.25) is 5.89 Å². The van der Waals surface area contributed by atoms with Gasteiger partial charge in [-0.05, 0) is 49.2 Å². The highest BCUT2D eigenvalue weighted by Gasteiger charge is 2.29. The SMILES string of the molecule is O=C(Nc1ccccc1F)N1CCCC(c2nc(CCOc3ccc(F)cc3)no2)C1. The number of aromatic nitrogens is 2. The van der Waals surface area contributed by atoms with Crippen LogP contribution in [-0.2, 0) is 6.42 Å². The van der Waals surface area contributed by atoms with Crippen LogP contribution in [0.15, 0.2) is 53.1 Å². The average Bonchev–Trinajstić information content (AvgIpc) is 3.26. The summed E-state index contributed by atoms with van der Waals surface area (Å²) in [6.45, 7) is 1.31. The van der Waals surface area contributed by atoms with E-state index >= 15 is 0 Å². The van der Waals surface area contributed by atoms with Gasteiger partial charge < -0.3 is 19.5 Å². The molecule has 31 heavy (non-hydrogen) atoms. The lowest BCUT2D eigenvalue weighted by molar-refractivity contribution is 0.184. The summed E-state index contributed by atoms with van der Waals surface area (Å²) in [5, 5.41) is 6.60. The maximum absolute atomic E-state index is 13.8. The quantitative estimate of drug-likeness (QED) is 0.630. The van der Waals surface area contributed by atoms with Crippen molar-refractivity contribution in [3.05, 3.63) is 71.9 Å². The fourth-order valence-corrected chi connectivity index (χ4v) is 3.45. The van der Waals surface area contributed by atoms with E-state index in [2.05, 4.69) is 15.5 Å². The predicted octanol–water partition coefficient (Wildman–Crippen LogP) is 4.38. The van der Waals surface area contributed by atoms with Crippen LogP contribution in [0, 0.1) is 11.6 Å². The lowest BCUT2D eigenvalue weighted by Crippen LogP contribution is -2.41. The van der Waals surface area contributed by atoms with Gasteiger partial charge in [-0.25, -0.2) is 13.6 Å². The van der Waals surface area contributed by atoms with Crippen molar-refractivity contribution in [3.8, 4) is 5.75 Å². The Balaban J connectivity index is 1.30. The van der Waals surface area contributed by atoms with E-state index < -0.39 is 5.82 Å². The van der Waals surface area contributed by atoms with Crippen molar-refractivity contribution in [2.24, 2.45) is 0 Å². The highest BCUT2D eigenvalue weighted by atomic mass is 19.1. The maximum Gasteiger partial charge on any atom is 0.321 e. The summed E-state index contributed by atoms with van der Waals surface area (Å²) in [4.78, 5) is 18.6. The second kappa shape index (κ2) is 9.55. The van der Waals surface area contributed by atoms with Gasteiger partial charge in [0.15, 0.2) is 5.82 Å². The number of rotatable bonds is 6. The number of halogens is 2. The van der Waals surface area contributed by atoms with Crippen molar-refractivity contribution in [2.75, 3.05) is 25.0 Å². The van der Waals surface area contributed by atoms with Gasteiger partial charge in [-0.1, -0.05) is 17.3 Å². The molecule has 0 radical (unpaired) electrons. The van der Waals surface area contributed by atoms with E-state index in [-0.39, 0.29) is 23.5 Å². The lowest BCUT2D eigenvalue weighted by atomic mass is 9.98. The number of likely N-dealkylation sites (tertiary alicyclic amines) is 1. The van der Waals surface area contributed by atoms with Crippen molar-refractivity contribution >= 4 is 11.7 Å². The highest BCUT2D eigenvalue weighted by molar-refractivity contribution is 5.89. The van der Waals surface area contributed by atoms with Crippen LogP contribution in [0.1, 0.15) is 30.5 Å². The molecule has 4 rings (SSSR count). The van der Waals surface area contributed by atoms with E-state index in [0.29, 0.717) is 43.6 Å². The maximum atomic E-state index is 13.8. The molecule has 2 aromatic carbocycles. The molecule has 162 valence electrons. The second-order valence-electron chi connectivity index (χ2n) is 7.30. The first-order valence-electron chi connectivity index (χ1n) is 10.1. The van der Waals surface area contributed by atoms with Crippen LogP contribution in [0.2, 0.25) is 0 Å². The van der Waals surface area contributed by atoms with Crippen molar-refractivity contribution in [2.45, 2.75) is 25.2 Å². The Morgan fingerprint density at radius 3 is 2.81 bits per heavy atom. The van der Waals surface area contributed by atoms with Gasteiger partial charge in [0.05, 0.1) is 18.2 Å². The summed E-state index contributed by atoms with van der Waals surface area (Å²) < 4.78 is 37.7. The summed E-state index contributed by atoms with van der Waals surface area (Å²) >= 11 is 0. The minimum atomic E-state index is -0.478. The molecule has 1 unspecified atom stereocenters.